The number of aromatic nitrogens is 1. The average Bonchev–Trinajstić information content (AvgIpc) is 4.03. The normalized spacial score (nSPS) is 20.9. The number of halogens is 2. The van der Waals surface area contributed by atoms with Crippen molar-refractivity contribution in [2.24, 2.45) is 5.73 Å². The van der Waals surface area contributed by atoms with Gasteiger partial charge in [0.1, 0.15) is 29.9 Å². The van der Waals surface area contributed by atoms with E-state index in [4.69, 9.17) is 5.73 Å². The highest BCUT2D eigenvalue weighted by atomic mass is 31.1. The zero-order valence-electron chi connectivity index (χ0n) is 37.1. The number of aliphatic carboxylic acids is 1. The van der Waals surface area contributed by atoms with E-state index in [0.717, 1.165) is 12.1 Å². The van der Waals surface area contributed by atoms with Gasteiger partial charge in [0.2, 0.25) is 35.4 Å². The molecule has 0 aliphatic carbocycles. The number of H-pyrrole nitrogens is 1. The van der Waals surface area contributed by atoms with Crippen molar-refractivity contribution in [3.05, 3.63) is 70.4 Å². The first kappa shape index (κ1) is 49.8. The maximum Gasteiger partial charge on any atom is 0.393 e. The molecule has 69 heavy (non-hydrogen) atoms. The predicted octanol–water partition coefficient (Wildman–Crippen LogP) is 2.73. The Labute approximate surface area is 394 Å². The van der Waals surface area contributed by atoms with E-state index in [1.54, 1.807) is 18.2 Å². The number of hydrogen-bond donors (Lipinski definition) is 6. The van der Waals surface area contributed by atoms with Crippen molar-refractivity contribution in [3.8, 4) is 11.8 Å². The summed E-state index contributed by atoms with van der Waals surface area (Å²) < 4.78 is 43.5. The fraction of sp³-hybridized carbons (Fsp3) is 0.457. The Hall–Kier alpha value is -7.11. The SMILES string of the molecule is NC(=O)CC[C@H](NC(=O)[C@@H]1CC[C@@H]2CCN(C(=O)CCCCCC#Cc3cccc4c3CN(C3CCC(=O)NC3=O)C4=O)C[C@H](NC(=O)c3cc4cc(C(F)(F)OP=O)ccc4[nH]3)C(=O)N21)C(=O)O. The number of primary amides is 1. The van der Waals surface area contributed by atoms with Crippen LogP contribution in [0.5, 0.6) is 0 Å². The largest absolute Gasteiger partial charge is 0.480 e. The van der Waals surface area contributed by atoms with Crippen molar-refractivity contribution in [3.63, 3.8) is 0 Å². The van der Waals surface area contributed by atoms with Gasteiger partial charge in [-0.05, 0) is 86.9 Å². The molecule has 7 N–H and O–H groups in total. The lowest BCUT2D eigenvalue weighted by molar-refractivity contribution is -0.178. The summed E-state index contributed by atoms with van der Waals surface area (Å²) in [5, 5.41) is 17.2. The van der Waals surface area contributed by atoms with E-state index in [-0.39, 0.29) is 98.9 Å². The van der Waals surface area contributed by atoms with Gasteiger partial charge in [-0.1, -0.05) is 24.3 Å². The number of imide groups is 1. The minimum atomic E-state index is -3.91. The third-order valence-electron chi connectivity index (χ3n) is 12.8. The molecule has 4 aliphatic rings. The maximum atomic E-state index is 14.5. The molecule has 20 nitrogen and oxygen atoms in total. The fourth-order valence-electron chi connectivity index (χ4n) is 9.23. The van der Waals surface area contributed by atoms with Gasteiger partial charge in [-0.25, -0.2) is 13.9 Å². The van der Waals surface area contributed by atoms with Crippen molar-refractivity contribution in [2.75, 3.05) is 13.1 Å². The van der Waals surface area contributed by atoms with Crippen LogP contribution < -0.4 is 21.7 Å². The van der Waals surface area contributed by atoms with E-state index in [2.05, 4.69) is 37.3 Å². The highest BCUT2D eigenvalue weighted by Crippen LogP contribution is 2.35. The van der Waals surface area contributed by atoms with Gasteiger partial charge < -0.3 is 41.2 Å². The first-order valence-corrected chi connectivity index (χ1v) is 23.2. The van der Waals surface area contributed by atoms with E-state index < -0.39 is 86.1 Å². The van der Waals surface area contributed by atoms with Gasteiger partial charge >= 0.3 is 20.8 Å². The third-order valence-corrected chi connectivity index (χ3v) is 13.1. The monoisotopic (exact) mass is 974 g/mol. The zero-order chi connectivity index (χ0) is 49.6. The standard InChI is InChI=1S/C46H49F2N8O12P/c47-46(48,68-69-67)27-11-13-31-26(21-27)22-33(50-31)40(60)52-34-24-54(20-19-28-12-15-36(56(28)44(34)64)42(62)51-32(45(65)66)14-17-37(49)57)39(59)10-5-3-1-2-4-7-25-8-6-9-29-30(25)23-55(43(29)63)35-16-18-38(58)53-41(35)61/h6,8-9,11,13,21-22,28,32,34-36,50H,1-3,5,10,12,14-20,23-24H2,(H2,49,57)(H,51,62)(H,52,60)(H,65,66)(H,53,58,61)/t28-,32+,34+,35?,36+/m1/s1. The first-order chi connectivity index (χ1) is 32.9. The van der Waals surface area contributed by atoms with Crippen molar-refractivity contribution < 1.29 is 66.1 Å². The number of piperidine rings is 1. The molecule has 7 rings (SSSR count). The lowest BCUT2D eigenvalue weighted by Gasteiger charge is -2.39. The molecule has 0 radical (unpaired) electrons. The number of rotatable bonds is 17. The van der Waals surface area contributed by atoms with Gasteiger partial charge in [-0.3, -0.25) is 43.7 Å². The van der Waals surface area contributed by atoms with Gasteiger partial charge in [0.25, 0.3) is 11.8 Å². The third kappa shape index (κ3) is 11.4. The number of carboxylic acid groups (broad SMARTS) is 1. The minimum absolute atomic E-state index is 0.0958. The molecule has 364 valence electrons. The Morgan fingerprint density at radius 1 is 1.00 bits per heavy atom. The molecule has 0 saturated carbocycles. The number of aromatic amines is 1. The van der Waals surface area contributed by atoms with Gasteiger partial charge in [-0.15, -0.1) is 0 Å². The Morgan fingerprint density at radius 2 is 1.80 bits per heavy atom. The van der Waals surface area contributed by atoms with Crippen LogP contribution in [0, 0.1) is 11.8 Å². The summed E-state index contributed by atoms with van der Waals surface area (Å²) in [6.07, 6.45) is -1.12. The van der Waals surface area contributed by atoms with Crippen molar-refractivity contribution in [1.82, 2.24) is 35.6 Å². The number of nitrogens with zero attached hydrogens (tertiary/aromatic N) is 3. The predicted molar refractivity (Wildman–Crippen MR) is 237 cm³/mol. The van der Waals surface area contributed by atoms with Crippen LogP contribution in [-0.2, 0) is 55.3 Å². The van der Waals surface area contributed by atoms with E-state index in [1.165, 1.54) is 26.8 Å². The molecule has 5 heterocycles. The zero-order valence-corrected chi connectivity index (χ0v) is 38.0. The number of carboxylic acids is 1. The molecule has 1 unspecified atom stereocenters. The lowest BCUT2D eigenvalue weighted by atomic mass is 10.0. The molecule has 3 aromatic rings. The van der Waals surface area contributed by atoms with Crippen molar-refractivity contribution in [1.29, 1.82) is 0 Å². The van der Waals surface area contributed by atoms with Crippen LogP contribution in [0.1, 0.15) is 115 Å². The molecular formula is C46H49F2N8O12P. The molecule has 2 aromatic carbocycles. The molecular weight excluding hydrogens is 926 g/mol. The van der Waals surface area contributed by atoms with E-state index in [0.29, 0.717) is 48.8 Å². The number of fused-ring (bicyclic) bond motifs is 3. The van der Waals surface area contributed by atoms with Crippen LogP contribution in [0.3, 0.4) is 0 Å². The highest BCUT2D eigenvalue weighted by Gasteiger charge is 2.46. The smallest absolute Gasteiger partial charge is 0.393 e. The molecule has 5 atom stereocenters. The topological polar surface area (TPSA) is 288 Å². The van der Waals surface area contributed by atoms with Gasteiger partial charge in [-0.2, -0.15) is 8.78 Å². The molecule has 3 fully saturated rings. The summed E-state index contributed by atoms with van der Waals surface area (Å²) in [7, 11) is -1.25. The lowest BCUT2D eigenvalue weighted by Crippen LogP contribution is -2.61. The molecule has 1 aromatic heterocycles. The molecule has 23 heteroatoms. The number of amides is 8. The number of unbranched alkanes of at least 4 members (excludes halogenated alkanes) is 3. The fourth-order valence-corrected chi connectivity index (χ4v) is 9.43. The van der Waals surface area contributed by atoms with Crippen LogP contribution in [0.4, 0.5) is 8.78 Å². The number of carbonyl (C=O) groups is 9. The Kier molecular flexibility index (Phi) is 15.5. The van der Waals surface area contributed by atoms with Crippen LogP contribution in [-0.4, -0.2) is 121 Å². The summed E-state index contributed by atoms with van der Waals surface area (Å²) in [6, 6.07) is 4.41. The minimum Gasteiger partial charge on any atom is -0.480 e. The van der Waals surface area contributed by atoms with Gasteiger partial charge in [0.05, 0.1) is 5.56 Å². The Morgan fingerprint density at radius 3 is 2.54 bits per heavy atom. The van der Waals surface area contributed by atoms with Gasteiger partial charge in [0.15, 0.2) is 0 Å². The van der Waals surface area contributed by atoms with Crippen molar-refractivity contribution in [2.45, 2.75) is 120 Å². The van der Waals surface area contributed by atoms with E-state index in [9.17, 15) is 61.6 Å². The quantitative estimate of drug-likeness (QED) is 0.0493. The number of nitrogens with two attached hydrogens (primary N) is 1. The van der Waals surface area contributed by atoms with Crippen LogP contribution in [0.25, 0.3) is 10.9 Å². The summed E-state index contributed by atoms with van der Waals surface area (Å²) in [5.74, 6) is 0.290. The molecule has 8 amide bonds. The summed E-state index contributed by atoms with van der Waals surface area (Å²) in [4.78, 5) is 124. The summed E-state index contributed by atoms with van der Waals surface area (Å²) in [6.45, 7) is 0.0429. The number of carbonyl (C=O) groups excluding carboxylic acids is 8. The van der Waals surface area contributed by atoms with Crippen LogP contribution in [0.15, 0.2) is 42.5 Å². The second-order valence-electron chi connectivity index (χ2n) is 17.3. The van der Waals surface area contributed by atoms with E-state index >= 15 is 0 Å². The number of alkyl halides is 2. The number of benzene rings is 2. The van der Waals surface area contributed by atoms with Crippen LogP contribution in [0.2, 0.25) is 0 Å². The number of nitrogens with one attached hydrogen (secondary N) is 4. The number of hydrogen-bond acceptors (Lipinski definition) is 11. The highest BCUT2D eigenvalue weighted by molar-refractivity contribution is 7.17. The molecule has 3 saturated heterocycles. The van der Waals surface area contributed by atoms with E-state index in [1.807, 2.05) is 0 Å². The van der Waals surface area contributed by atoms with Crippen molar-refractivity contribution >= 4 is 72.8 Å². The van der Waals surface area contributed by atoms with Gasteiger partial charge in [0, 0.05) is 73.4 Å². The average molecular weight is 975 g/mol. The summed E-state index contributed by atoms with van der Waals surface area (Å²) >= 11 is 0. The first-order valence-electron chi connectivity index (χ1n) is 22.4. The molecule has 0 bridgehead atoms. The Bertz CT molecular complexity index is 2670. The maximum absolute atomic E-state index is 14.5. The Balaban J connectivity index is 1.00. The second kappa shape index (κ2) is 21.5. The molecule has 0 spiro atoms. The second-order valence-corrected chi connectivity index (χ2v) is 17.6. The van der Waals surface area contributed by atoms with Crippen LogP contribution >= 0.6 is 8.69 Å². The summed E-state index contributed by atoms with van der Waals surface area (Å²) in [5.41, 5.74) is 6.51. The molecule has 4 aliphatic heterocycles.